The molecule has 0 amide bonds. The molecule has 1 saturated carbocycles. The Labute approximate surface area is 117 Å². The largest absolute Gasteiger partial charge is 0.481 e. The van der Waals surface area contributed by atoms with Crippen LogP contribution in [-0.2, 0) is 14.3 Å². The number of carbonyl (C=O) groups is 2. The van der Waals surface area contributed by atoms with Crippen LogP contribution >= 0.6 is 12.6 Å². The Morgan fingerprint density at radius 3 is 2.32 bits per heavy atom. The lowest BCUT2D eigenvalue weighted by Crippen LogP contribution is -2.44. The third kappa shape index (κ3) is 4.67. The van der Waals surface area contributed by atoms with Crippen LogP contribution in [0.15, 0.2) is 0 Å². The van der Waals surface area contributed by atoms with Crippen LogP contribution in [0.25, 0.3) is 0 Å². The highest BCUT2D eigenvalue weighted by molar-refractivity contribution is 7.81. The van der Waals surface area contributed by atoms with Crippen LogP contribution in [-0.4, -0.2) is 51.3 Å². The first-order valence-electron chi connectivity index (χ1n) is 6.27. The molecule has 0 bridgehead atoms. The molecule has 0 heterocycles. The molecule has 0 aliphatic heterocycles. The van der Waals surface area contributed by atoms with Gasteiger partial charge in [-0.1, -0.05) is 0 Å². The minimum Gasteiger partial charge on any atom is -0.481 e. The quantitative estimate of drug-likeness (QED) is 0.412. The number of rotatable bonds is 6. The second kappa shape index (κ2) is 7.12. The average molecular weight is 292 g/mol. The lowest BCUT2D eigenvalue weighted by atomic mass is 9.79. The number of aliphatic hydroxyl groups is 2. The number of carboxylic acids is 1. The van der Waals surface area contributed by atoms with Crippen LogP contribution in [0.5, 0.6) is 0 Å². The maximum Gasteiger partial charge on any atom is 0.320 e. The molecule has 7 heteroatoms. The van der Waals surface area contributed by atoms with Gasteiger partial charge in [-0.3, -0.25) is 9.59 Å². The zero-order valence-electron chi connectivity index (χ0n) is 10.6. The third-order valence-electron chi connectivity index (χ3n) is 3.52. The maximum absolute atomic E-state index is 11.7. The van der Waals surface area contributed by atoms with Gasteiger partial charge in [-0.15, -0.1) is 0 Å². The van der Waals surface area contributed by atoms with Gasteiger partial charge < -0.3 is 20.1 Å². The van der Waals surface area contributed by atoms with E-state index in [0.717, 1.165) is 0 Å². The van der Waals surface area contributed by atoms with Gasteiger partial charge in [0.1, 0.15) is 10.9 Å². The normalized spacial score (nSPS) is 28.7. The maximum atomic E-state index is 11.7. The van der Waals surface area contributed by atoms with E-state index in [-0.39, 0.29) is 19.1 Å². The van der Waals surface area contributed by atoms with Crippen molar-refractivity contribution in [3.63, 3.8) is 0 Å². The van der Waals surface area contributed by atoms with Crippen LogP contribution in [0.3, 0.4) is 0 Å². The molecule has 19 heavy (non-hydrogen) atoms. The molecular formula is C12H20O6S. The number of esters is 1. The minimum atomic E-state index is -1.13. The van der Waals surface area contributed by atoms with Crippen LogP contribution in [0.4, 0.5) is 0 Å². The van der Waals surface area contributed by atoms with E-state index < -0.39 is 29.2 Å². The molecule has 0 spiro atoms. The van der Waals surface area contributed by atoms with Crippen molar-refractivity contribution in [1.29, 1.82) is 0 Å². The number of carboxylic acid groups (broad SMARTS) is 1. The van der Waals surface area contributed by atoms with E-state index in [9.17, 15) is 14.7 Å². The molecule has 6 nitrogen and oxygen atoms in total. The first-order valence-corrected chi connectivity index (χ1v) is 6.78. The van der Waals surface area contributed by atoms with Crippen molar-refractivity contribution in [2.75, 3.05) is 13.2 Å². The summed E-state index contributed by atoms with van der Waals surface area (Å²) < 4.78 is 5.27. The molecule has 110 valence electrons. The zero-order chi connectivity index (χ0) is 14.5. The Balaban J connectivity index is 2.57. The van der Waals surface area contributed by atoms with Crippen molar-refractivity contribution in [3.8, 4) is 0 Å². The highest BCUT2D eigenvalue weighted by atomic mass is 32.1. The highest BCUT2D eigenvalue weighted by Gasteiger charge is 2.39. The molecule has 1 aliphatic carbocycles. The molecule has 1 unspecified atom stereocenters. The summed E-state index contributed by atoms with van der Waals surface area (Å²) in [4.78, 5) is 22.2. The van der Waals surface area contributed by atoms with Crippen molar-refractivity contribution < 1.29 is 29.6 Å². The molecule has 0 saturated heterocycles. The van der Waals surface area contributed by atoms with Gasteiger partial charge in [0.05, 0.1) is 13.0 Å². The number of thiol groups is 1. The molecule has 1 rings (SSSR count). The molecular weight excluding hydrogens is 272 g/mol. The van der Waals surface area contributed by atoms with E-state index >= 15 is 0 Å². The summed E-state index contributed by atoms with van der Waals surface area (Å²) in [5.74, 6) is -1.68. The molecule has 0 aromatic carbocycles. The summed E-state index contributed by atoms with van der Waals surface area (Å²) in [6.45, 7) is -0.214. The molecule has 1 aliphatic rings. The van der Waals surface area contributed by atoms with Crippen molar-refractivity contribution in [2.45, 2.75) is 43.0 Å². The van der Waals surface area contributed by atoms with Gasteiger partial charge >= 0.3 is 11.9 Å². The van der Waals surface area contributed by atoms with E-state index in [4.69, 9.17) is 14.9 Å². The predicted molar refractivity (Wildman–Crippen MR) is 70.0 cm³/mol. The second-order valence-electron chi connectivity index (χ2n) is 5.00. The number of aliphatic carboxylic acids is 1. The molecule has 3 N–H and O–H groups in total. The fraction of sp³-hybridized carbons (Fsp3) is 0.833. The molecule has 0 radical (unpaired) electrons. The average Bonchev–Trinajstić information content (AvgIpc) is 2.38. The van der Waals surface area contributed by atoms with Gasteiger partial charge in [-0.25, -0.2) is 0 Å². The number of carbonyl (C=O) groups excluding carboxylic acids is 1. The van der Waals surface area contributed by atoms with Gasteiger partial charge in [0.2, 0.25) is 0 Å². The third-order valence-corrected chi connectivity index (χ3v) is 3.91. The van der Waals surface area contributed by atoms with Gasteiger partial charge in [-0.05, 0) is 31.6 Å². The predicted octanol–water partition coefficient (Wildman–Crippen LogP) is 0.216. The lowest BCUT2D eigenvalue weighted by molar-refractivity contribution is -0.170. The standard InChI is InChI=1S/C12H20O6S/c13-6-8-1-3-12(7-14,4-2-8)18-11(17)9(19)5-10(15)16/h8-9,13-14,19H,1-7H2,(H,15,16). The minimum absolute atomic E-state index is 0.0870. The monoisotopic (exact) mass is 292 g/mol. The van der Waals surface area contributed by atoms with E-state index in [0.29, 0.717) is 25.7 Å². The topological polar surface area (TPSA) is 104 Å². The van der Waals surface area contributed by atoms with Crippen molar-refractivity contribution in [1.82, 2.24) is 0 Å². The van der Waals surface area contributed by atoms with E-state index in [1.165, 1.54) is 0 Å². The van der Waals surface area contributed by atoms with Crippen LogP contribution in [0, 0.1) is 5.92 Å². The SMILES string of the molecule is O=C(O)CC(S)C(=O)OC1(CO)CCC(CO)CC1. The van der Waals surface area contributed by atoms with Crippen LogP contribution < -0.4 is 0 Å². The molecule has 0 aromatic heterocycles. The fourth-order valence-corrected chi connectivity index (χ4v) is 2.42. The van der Waals surface area contributed by atoms with Crippen LogP contribution in [0.2, 0.25) is 0 Å². The summed E-state index contributed by atoms with van der Waals surface area (Å²) in [6.07, 6.45) is 1.85. The molecule has 1 atom stereocenters. The van der Waals surface area contributed by atoms with Gasteiger partial charge in [-0.2, -0.15) is 12.6 Å². The zero-order valence-corrected chi connectivity index (χ0v) is 11.5. The van der Waals surface area contributed by atoms with Crippen molar-refractivity contribution in [3.05, 3.63) is 0 Å². The Kier molecular flexibility index (Phi) is 6.09. The molecule has 0 aromatic rings. The first-order chi connectivity index (χ1) is 8.92. The Morgan fingerprint density at radius 2 is 1.89 bits per heavy atom. The van der Waals surface area contributed by atoms with E-state index in [1.54, 1.807) is 0 Å². The molecule has 1 fully saturated rings. The van der Waals surface area contributed by atoms with Crippen molar-refractivity contribution in [2.24, 2.45) is 5.92 Å². The highest BCUT2D eigenvalue weighted by Crippen LogP contribution is 2.35. The van der Waals surface area contributed by atoms with Gasteiger partial charge in [0.25, 0.3) is 0 Å². The van der Waals surface area contributed by atoms with Crippen molar-refractivity contribution >= 4 is 24.6 Å². The summed E-state index contributed by atoms with van der Waals surface area (Å²) in [5.41, 5.74) is -0.956. The fourth-order valence-electron chi connectivity index (χ4n) is 2.21. The summed E-state index contributed by atoms with van der Waals surface area (Å²) in [6, 6.07) is 0. The second-order valence-corrected chi connectivity index (χ2v) is 5.63. The number of aliphatic hydroxyl groups excluding tert-OH is 2. The van der Waals surface area contributed by atoms with Gasteiger partial charge in [0.15, 0.2) is 0 Å². The van der Waals surface area contributed by atoms with Crippen LogP contribution in [0.1, 0.15) is 32.1 Å². The van der Waals surface area contributed by atoms with E-state index in [1.807, 2.05) is 0 Å². The Bertz CT molecular complexity index is 324. The summed E-state index contributed by atoms with van der Waals surface area (Å²) in [7, 11) is 0. The number of hydrogen-bond acceptors (Lipinski definition) is 6. The number of hydrogen-bond donors (Lipinski definition) is 4. The Morgan fingerprint density at radius 1 is 1.32 bits per heavy atom. The lowest BCUT2D eigenvalue weighted by Gasteiger charge is -2.38. The number of ether oxygens (including phenoxy) is 1. The van der Waals surface area contributed by atoms with Gasteiger partial charge in [0, 0.05) is 6.61 Å². The van der Waals surface area contributed by atoms with E-state index in [2.05, 4.69) is 12.6 Å². The Hall–Kier alpha value is -0.790. The smallest absolute Gasteiger partial charge is 0.320 e. The summed E-state index contributed by atoms with van der Waals surface area (Å²) >= 11 is 3.90. The summed E-state index contributed by atoms with van der Waals surface area (Å²) in [5, 5.41) is 26.0. The first kappa shape index (κ1) is 16.3.